The maximum absolute atomic E-state index is 5.13. The van der Waals surface area contributed by atoms with Crippen LogP contribution in [0, 0.1) is 6.92 Å². The SMILES string of the molecule is Cc1cn(C)c(NN)n1.Cl. The van der Waals surface area contributed by atoms with Crippen LogP contribution >= 0.6 is 12.4 Å². The van der Waals surface area contributed by atoms with Gasteiger partial charge in [0.05, 0.1) is 5.69 Å². The third-order valence-corrected chi connectivity index (χ3v) is 1.13. The highest BCUT2D eigenvalue weighted by Crippen LogP contribution is 2.02. The molecule has 0 fully saturated rings. The van der Waals surface area contributed by atoms with E-state index in [1.54, 1.807) is 0 Å². The van der Waals surface area contributed by atoms with Crippen LogP contribution in [0.5, 0.6) is 0 Å². The first-order valence-corrected chi connectivity index (χ1v) is 2.70. The van der Waals surface area contributed by atoms with Crippen LogP contribution in [0.15, 0.2) is 6.20 Å². The summed E-state index contributed by atoms with van der Waals surface area (Å²) in [5.74, 6) is 5.82. The zero-order chi connectivity index (χ0) is 6.85. The maximum atomic E-state index is 5.13. The molecule has 0 saturated carbocycles. The Hall–Kier alpha value is -0.740. The number of nitrogens with one attached hydrogen (secondary N) is 1. The molecule has 0 atom stereocenters. The molecule has 0 spiro atoms. The third-order valence-electron chi connectivity index (χ3n) is 1.13. The van der Waals surface area contributed by atoms with Crippen LogP contribution in [0.4, 0.5) is 5.95 Å². The highest BCUT2D eigenvalue weighted by Gasteiger charge is 1.96. The summed E-state index contributed by atoms with van der Waals surface area (Å²) in [5.41, 5.74) is 3.43. The van der Waals surface area contributed by atoms with Gasteiger partial charge < -0.3 is 4.57 Å². The van der Waals surface area contributed by atoms with Crippen molar-refractivity contribution >= 4 is 18.4 Å². The maximum Gasteiger partial charge on any atom is 0.217 e. The number of halogens is 1. The molecule has 0 unspecified atom stereocenters. The molecule has 4 nitrogen and oxygen atoms in total. The van der Waals surface area contributed by atoms with E-state index in [4.69, 9.17) is 5.84 Å². The largest absolute Gasteiger partial charge is 0.319 e. The molecule has 58 valence electrons. The first-order chi connectivity index (χ1) is 4.24. The van der Waals surface area contributed by atoms with Crippen LogP contribution in [-0.2, 0) is 7.05 Å². The van der Waals surface area contributed by atoms with Crippen molar-refractivity contribution in [2.45, 2.75) is 6.92 Å². The summed E-state index contributed by atoms with van der Waals surface area (Å²) in [5, 5.41) is 0. The lowest BCUT2D eigenvalue weighted by atomic mass is 10.6. The summed E-state index contributed by atoms with van der Waals surface area (Å²) < 4.78 is 1.83. The van der Waals surface area contributed by atoms with Crippen LogP contribution < -0.4 is 11.3 Å². The highest BCUT2D eigenvalue weighted by molar-refractivity contribution is 5.85. The lowest BCUT2D eigenvalue weighted by Gasteiger charge is -1.95. The first kappa shape index (κ1) is 9.26. The molecule has 0 aliphatic rings. The van der Waals surface area contributed by atoms with Crippen molar-refractivity contribution in [2.75, 3.05) is 5.43 Å². The van der Waals surface area contributed by atoms with E-state index in [0.29, 0.717) is 5.95 Å². The number of nitrogens with zero attached hydrogens (tertiary/aromatic N) is 2. The Morgan fingerprint density at radius 3 is 2.50 bits per heavy atom. The molecule has 1 heterocycles. The van der Waals surface area contributed by atoms with Gasteiger partial charge in [-0.25, -0.2) is 10.8 Å². The summed E-state index contributed by atoms with van der Waals surface area (Å²) in [6, 6.07) is 0. The smallest absolute Gasteiger partial charge is 0.217 e. The van der Waals surface area contributed by atoms with E-state index in [9.17, 15) is 0 Å². The van der Waals surface area contributed by atoms with E-state index < -0.39 is 0 Å². The van der Waals surface area contributed by atoms with Gasteiger partial charge in [-0.05, 0) is 6.92 Å². The number of imidazole rings is 1. The fraction of sp³-hybridized carbons (Fsp3) is 0.400. The number of nitrogens with two attached hydrogens (primary N) is 1. The minimum Gasteiger partial charge on any atom is -0.319 e. The first-order valence-electron chi connectivity index (χ1n) is 2.70. The minimum atomic E-state index is 0. The van der Waals surface area contributed by atoms with Gasteiger partial charge in [0, 0.05) is 13.2 Å². The number of aromatic nitrogens is 2. The predicted molar refractivity (Wildman–Crippen MR) is 43.0 cm³/mol. The summed E-state index contributed by atoms with van der Waals surface area (Å²) >= 11 is 0. The molecule has 0 radical (unpaired) electrons. The van der Waals surface area contributed by atoms with E-state index in [1.165, 1.54) is 0 Å². The summed E-state index contributed by atoms with van der Waals surface area (Å²) in [7, 11) is 1.88. The highest BCUT2D eigenvalue weighted by atomic mass is 35.5. The van der Waals surface area contributed by atoms with Gasteiger partial charge in [0.15, 0.2) is 0 Å². The average Bonchev–Trinajstić information content (AvgIpc) is 2.10. The van der Waals surface area contributed by atoms with Gasteiger partial charge >= 0.3 is 0 Å². The molecular weight excluding hydrogens is 152 g/mol. The fourth-order valence-corrected chi connectivity index (χ4v) is 0.750. The molecule has 3 N–H and O–H groups in total. The van der Waals surface area contributed by atoms with E-state index >= 15 is 0 Å². The predicted octanol–water partition coefficient (Wildman–Crippen LogP) is 0.436. The van der Waals surface area contributed by atoms with Gasteiger partial charge in [-0.3, -0.25) is 5.43 Å². The van der Waals surface area contributed by atoms with Crippen molar-refractivity contribution in [3.05, 3.63) is 11.9 Å². The van der Waals surface area contributed by atoms with Crippen LogP contribution in [0.1, 0.15) is 5.69 Å². The Morgan fingerprint density at radius 1 is 1.70 bits per heavy atom. The van der Waals surface area contributed by atoms with E-state index in [-0.39, 0.29) is 12.4 Å². The second kappa shape index (κ2) is 3.43. The number of aryl methyl sites for hydroxylation is 2. The zero-order valence-electron chi connectivity index (χ0n) is 5.96. The molecule has 0 amide bonds. The normalized spacial score (nSPS) is 8.70. The number of nitrogen functional groups attached to an aromatic ring is 1. The van der Waals surface area contributed by atoms with Crippen molar-refractivity contribution in [1.82, 2.24) is 9.55 Å². The van der Waals surface area contributed by atoms with Crippen LogP contribution in [0.3, 0.4) is 0 Å². The molecule has 1 aromatic heterocycles. The van der Waals surface area contributed by atoms with Crippen molar-refractivity contribution in [2.24, 2.45) is 12.9 Å². The minimum absolute atomic E-state index is 0. The number of hydrogen-bond acceptors (Lipinski definition) is 3. The van der Waals surface area contributed by atoms with Crippen LogP contribution in [0.25, 0.3) is 0 Å². The van der Waals surface area contributed by atoms with Crippen LogP contribution in [0.2, 0.25) is 0 Å². The summed E-state index contributed by atoms with van der Waals surface area (Å²) in [6.45, 7) is 1.92. The van der Waals surface area contributed by atoms with Crippen molar-refractivity contribution in [3.8, 4) is 0 Å². The number of hydrogen-bond donors (Lipinski definition) is 2. The molecule has 0 aliphatic carbocycles. The van der Waals surface area contributed by atoms with E-state index in [0.717, 1.165) is 5.69 Å². The Kier molecular flexibility index (Phi) is 3.18. The van der Waals surface area contributed by atoms with Gasteiger partial charge in [0.1, 0.15) is 0 Å². The Bertz CT molecular complexity index is 207. The fourth-order valence-electron chi connectivity index (χ4n) is 0.750. The average molecular weight is 163 g/mol. The molecule has 5 heteroatoms. The molecule has 0 aromatic carbocycles. The molecule has 0 saturated heterocycles. The molecule has 10 heavy (non-hydrogen) atoms. The number of rotatable bonds is 1. The monoisotopic (exact) mass is 162 g/mol. The second-order valence-corrected chi connectivity index (χ2v) is 1.96. The molecule has 0 aliphatic heterocycles. The quantitative estimate of drug-likeness (QED) is 0.465. The van der Waals surface area contributed by atoms with Gasteiger partial charge in [0.2, 0.25) is 5.95 Å². The van der Waals surface area contributed by atoms with Crippen LogP contribution in [-0.4, -0.2) is 9.55 Å². The second-order valence-electron chi connectivity index (χ2n) is 1.96. The summed E-state index contributed by atoms with van der Waals surface area (Å²) in [4.78, 5) is 4.06. The topological polar surface area (TPSA) is 55.9 Å². The van der Waals surface area contributed by atoms with Crippen molar-refractivity contribution < 1.29 is 0 Å². The number of hydrazine groups is 1. The molecule has 0 bridgehead atoms. The zero-order valence-corrected chi connectivity index (χ0v) is 6.77. The van der Waals surface area contributed by atoms with E-state index in [1.807, 2.05) is 24.7 Å². The van der Waals surface area contributed by atoms with Gasteiger partial charge in [-0.1, -0.05) is 0 Å². The number of anilines is 1. The van der Waals surface area contributed by atoms with E-state index in [2.05, 4.69) is 10.4 Å². The Morgan fingerprint density at radius 2 is 2.30 bits per heavy atom. The molecule has 1 aromatic rings. The molecule has 1 rings (SSSR count). The third kappa shape index (κ3) is 1.62. The van der Waals surface area contributed by atoms with Gasteiger partial charge in [-0.2, -0.15) is 0 Å². The lowest BCUT2D eigenvalue weighted by Crippen LogP contribution is -2.11. The lowest BCUT2D eigenvalue weighted by molar-refractivity contribution is 0.911. The van der Waals surface area contributed by atoms with Crippen molar-refractivity contribution in [1.29, 1.82) is 0 Å². The van der Waals surface area contributed by atoms with Crippen molar-refractivity contribution in [3.63, 3.8) is 0 Å². The van der Waals surface area contributed by atoms with Gasteiger partial charge in [-0.15, -0.1) is 12.4 Å². The Balaban J connectivity index is 0.000000810. The summed E-state index contributed by atoms with van der Waals surface area (Å²) in [6.07, 6.45) is 1.90. The Labute approximate surface area is 65.8 Å². The van der Waals surface area contributed by atoms with Gasteiger partial charge in [0.25, 0.3) is 0 Å². The standard InChI is InChI=1S/C5H10N4.ClH/c1-4-3-9(2)5(7-4)8-6;/h3H,6H2,1-2H3,(H,7,8);1H. The molecular formula is C5H11ClN4.